The quantitative estimate of drug-likeness (QED) is 0.887. The number of carbonyl (C=O) groups excluding carboxylic acids is 1. The molecule has 1 aromatic heterocycles. The zero-order valence-electron chi connectivity index (χ0n) is 12.5. The lowest BCUT2D eigenvalue weighted by atomic mass is 10.2. The van der Waals surface area contributed by atoms with Gasteiger partial charge in [-0.3, -0.25) is 4.79 Å². The largest absolute Gasteiger partial charge is 0.320 e. The van der Waals surface area contributed by atoms with Crippen molar-refractivity contribution < 1.29 is 9.18 Å². The lowest BCUT2D eigenvalue weighted by Crippen LogP contribution is -2.35. The number of hydrogen-bond donors (Lipinski definition) is 2. The van der Waals surface area contributed by atoms with E-state index in [1.165, 1.54) is 12.1 Å². The van der Waals surface area contributed by atoms with E-state index in [0.717, 1.165) is 12.1 Å². The van der Waals surface area contributed by atoms with Crippen LogP contribution in [0.2, 0.25) is 0 Å². The summed E-state index contributed by atoms with van der Waals surface area (Å²) in [5.74, 6) is -0.188. The Morgan fingerprint density at radius 1 is 1.45 bits per heavy atom. The molecule has 1 heterocycles. The highest BCUT2D eigenvalue weighted by atomic mass is 35.5. The van der Waals surface area contributed by atoms with Crippen molar-refractivity contribution in [1.29, 1.82) is 0 Å². The molecule has 0 aliphatic carbocycles. The number of halogens is 2. The smallest absolute Gasteiger partial charge is 0.242 e. The number of rotatable bonds is 5. The second-order valence-corrected chi connectivity index (χ2v) is 4.95. The summed E-state index contributed by atoms with van der Waals surface area (Å²) >= 11 is 0. The molecular weight excluding hydrogens is 307 g/mol. The second kappa shape index (κ2) is 7.91. The molecule has 0 radical (unpaired) electrons. The fourth-order valence-electron chi connectivity index (χ4n) is 2.07. The number of benzene rings is 1. The molecule has 1 aromatic carbocycles. The van der Waals surface area contributed by atoms with Crippen LogP contribution in [0.15, 0.2) is 30.3 Å². The number of anilines is 1. The van der Waals surface area contributed by atoms with E-state index in [9.17, 15) is 9.18 Å². The Balaban J connectivity index is 0.00000242. The first kappa shape index (κ1) is 18.1. The minimum atomic E-state index is -0.547. The van der Waals surface area contributed by atoms with Crippen LogP contribution in [0, 0.1) is 12.7 Å². The second-order valence-electron chi connectivity index (χ2n) is 4.95. The Bertz CT molecular complexity index is 644. The van der Waals surface area contributed by atoms with E-state index in [2.05, 4.69) is 10.4 Å². The molecule has 2 rings (SSSR count). The first-order valence-electron chi connectivity index (χ1n) is 6.90. The van der Waals surface area contributed by atoms with Gasteiger partial charge in [-0.05, 0) is 31.5 Å². The van der Waals surface area contributed by atoms with Crippen LogP contribution in [-0.2, 0) is 4.79 Å². The Kier molecular flexibility index (Phi) is 6.52. The Hall–Kier alpha value is -1.92. The summed E-state index contributed by atoms with van der Waals surface area (Å²) in [6.45, 7) is 3.80. The third kappa shape index (κ3) is 4.29. The van der Waals surface area contributed by atoms with Crippen LogP contribution < -0.4 is 11.1 Å². The number of carbonyl (C=O) groups is 1. The minimum Gasteiger partial charge on any atom is -0.320 e. The van der Waals surface area contributed by atoms with Gasteiger partial charge in [0.1, 0.15) is 5.82 Å². The predicted octanol–water partition coefficient (Wildman–Crippen LogP) is 2.81. The van der Waals surface area contributed by atoms with Crippen LogP contribution in [0.3, 0.4) is 0 Å². The molecule has 0 aliphatic heterocycles. The first-order chi connectivity index (χ1) is 10.0. The highest BCUT2D eigenvalue weighted by Gasteiger charge is 2.15. The molecule has 3 N–H and O–H groups in total. The summed E-state index contributed by atoms with van der Waals surface area (Å²) in [7, 11) is 0. The first-order valence-corrected chi connectivity index (χ1v) is 6.90. The van der Waals surface area contributed by atoms with Gasteiger partial charge < -0.3 is 11.1 Å². The van der Waals surface area contributed by atoms with Gasteiger partial charge >= 0.3 is 0 Å². The van der Waals surface area contributed by atoms with Crippen LogP contribution in [0.1, 0.15) is 25.5 Å². The number of aromatic nitrogens is 2. The summed E-state index contributed by atoms with van der Waals surface area (Å²) in [6.07, 6.45) is 1.46. The van der Waals surface area contributed by atoms with Crippen molar-refractivity contribution in [3.05, 3.63) is 41.8 Å². The van der Waals surface area contributed by atoms with Crippen molar-refractivity contribution in [2.45, 2.75) is 32.7 Å². The summed E-state index contributed by atoms with van der Waals surface area (Å²) in [6, 6.07) is 7.29. The van der Waals surface area contributed by atoms with Crippen molar-refractivity contribution in [2.75, 3.05) is 5.32 Å². The lowest BCUT2D eigenvalue weighted by Gasteiger charge is -2.09. The summed E-state index contributed by atoms with van der Waals surface area (Å²) in [5, 5.41) is 6.95. The van der Waals surface area contributed by atoms with E-state index in [4.69, 9.17) is 5.73 Å². The van der Waals surface area contributed by atoms with Crippen molar-refractivity contribution in [2.24, 2.45) is 5.73 Å². The van der Waals surface area contributed by atoms with E-state index in [1.807, 2.05) is 13.8 Å². The summed E-state index contributed by atoms with van der Waals surface area (Å²) < 4.78 is 14.8. The molecule has 120 valence electrons. The number of nitrogens with zero attached hydrogens (tertiary/aromatic N) is 2. The monoisotopic (exact) mass is 326 g/mol. The highest BCUT2D eigenvalue weighted by Crippen LogP contribution is 2.16. The zero-order valence-corrected chi connectivity index (χ0v) is 13.4. The van der Waals surface area contributed by atoms with E-state index in [-0.39, 0.29) is 24.1 Å². The van der Waals surface area contributed by atoms with E-state index in [0.29, 0.717) is 17.9 Å². The number of nitrogens with two attached hydrogens (primary N) is 1. The maximum absolute atomic E-state index is 13.3. The molecule has 0 aliphatic rings. The molecular formula is C15H20ClFN4O. The fraction of sp³-hybridized carbons (Fsp3) is 0.333. The van der Waals surface area contributed by atoms with E-state index >= 15 is 0 Å². The molecule has 0 fully saturated rings. The zero-order chi connectivity index (χ0) is 15.4. The van der Waals surface area contributed by atoms with E-state index < -0.39 is 6.04 Å². The van der Waals surface area contributed by atoms with E-state index in [1.54, 1.807) is 22.9 Å². The molecule has 0 bridgehead atoms. The molecule has 1 atom stereocenters. The van der Waals surface area contributed by atoms with Gasteiger partial charge in [0.15, 0.2) is 5.82 Å². The summed E-state index contributed by atoms with van der Waals surface area (Å²) in [5.41, 5.74) is 7.15. The van der Waals surface area contributed by atoms with Crippen LogP contribution in [0.25, 0.3) is 5.69 Å². The Morgan fingerprint density at radius 3 is 2.82 bits per heavy atom. The van der Waals surface area contributed by atoms with Crippen molar-refractivity contribution >= 4 is 24.1 Å². The number of nitrogens with one attached hydrogen (secondary N) is 1. The minimum absolute atomic E-state index is 0. The van der Waals surface area contributed by atoms with Gasteiger partial charge in [0.25, 0.3) is 0 Å². The lowest BCUT2D eigenvalue weighted by molar-refractivity contribution is -0.117. The van der Waals surface area contributed by atoms with Gasteiger partial charge in [0, 0.05) is 11.8 Å². The van der Waals surface area contributed by atoms with Crippen LogP contribution in [0.5, 0.6) is 0 Å². The maximum Gasteiger partial charge on any atom is 0.242 e. The molecule has 0 spiro atoms. The SMILES string of the molecule is CCCC(N)C(=O)Nc1cc(C)n(-c2cccc(F)c2)n1.Cl. The number of aryl methyl sites for hydroxylation is 1. The van der Waals surface area contributed by atoms with Crippen molar-refractivity contribution in [1.82, 2.24) is 9.78 Å². The van der Waals surface area contributed by atoms with Crippen molar-refractivity contribution in [3.63, 3.8) is 0 Å². The highest BCUT2D eigenvalue weighted by molar-refractivity contribution is 5.93. The van der Waals surface area contributed by atoms with Gasteiger partial charge in [-0.1, -0.05) is 19.4 Å². The molecule has 5 nitrogen and oxygen atoms in total. The molecule has 7 heteroatoms. The standard InChI is InChI=1S/C15H19FN4O.ClH/c1-3-5-13(17)15(21)18-14-8-10(2)20(19-14)12-7-4-6-11(16)9-12;/h4,6-9,13H,3,5,17H2,1-2H3,(H,18,19,21);1H. The van der Waals surface area contributed by atoms with Crippen LogP contribution >= 0.6 is 12.4 Å². The van der Waals surface area contributed by atoms with Gasteiger partial charge in [0.05, 0.1) is 11.7 Å². The van der Waals surface area contributed by atoms with Gasteiger partial charge in [-0.2, -0.15) is 0 Å². The molecule has 2 aromatic rings. The third-order valence-electron chi connectivity index (χ3n) is 3.13. The maximum atomic E-state index is 13.3. The third-order valence-corrected chi connectivity index (χ3v) is 3.13. The molecule has 1 unspecified atom stereocenters. The fourth-order valence-corrected chi connectivity index (χ4v) is 2.07. The van der Waals surface area contributed by atoms with Gasteiger partial charge in [-0.15, -0.1) is 17.5 Å². The topological polar surface area (TPSA) is 72.9 Å². The van der Waals surface area contributed by atoms with Crippen molar-refractivity contribution in [3.8, 4) is 5.69 Å². The van der Waals surface area contributed by atoms with Gasteiger partial charge in [-0.25, -0.2) is 9.07 Å². The average Bonchev–Trinajstić information content (AvgIpc) is 2.79. The molecule has 22 heavy (non-hydrogen) atoms. The molecule has 0 saturated heterocycles. The normalized spacial score (nSPS) is 11.6. The molecule has 1 amide bonds. The van der Waals surface area contributed by atoms with Crippen LogP contribution in [-0.4, -0.2) is 21.7 Å². The van der Waals surface area contributed by atoms with Gasteiger partial charge in [0.2, 0.25) is 5.91 Å². The summed E-state index contributed by atoms with van der Waals surface area (Å²) in [4.78, 5) is 11.9. The number of hydrogen-bond acceptors (Lipinski definition) is 3. The Labute approximate surface area is 135 Å². The number of amides is 1. The molecule has 0 saturated carbocycles. The average molecular weight is 327 g/mol. The predicted molar refractivity (Wildman–Crippen MR) is 87.0 cm³/mol. The Morgan fingerprint density at radius 2 is 2.18 bits per heavy atom. The van der Waals surface area contributed by atoms with Crippen LogP contribution in [0.4, 0.5) is 10.2 Å².